The molecule has 0 saturated heterocycles. The zero-order valence-corrected chi connectivity index (χ0v) is 17.1. The van der Waals surface area contributed by atoms with E-state index in [0.717, 1.165) is 0 Å². The van der Waals surface area contributed by atoms with E-state index < -0.39 is 5.91 Å². The zero-order valence-electron chi connectivity index (χ0n) is 14.8. The van der Waals surface area contributed by atoms with Crippen LogP contribution in [0.1, 0.15) is 26.3 Å². The SMILES string of the molecule is O=C(N/N=C/c1c(Cl)cccc1Cl)c1cccc(NC(=O)c2ccc(Cl)cc2)c1. The van der Waals surface area contributed by atoms with Crippen LogP contribution in [0.3, 0.4) is 0 Å². The topological polar surface area (TPSA) is 70.6 Å². The monoisotopic (exact) mass is 445 g/mol. The van der Waals surface area contributed by atoms with Crippen LogP contribution in [-0.4, -0.2) is 18.0 Å². The van der Waals surface area contributed by atoms with Crippen molar-refractivity contribution in [3.63, 3.8) is 0 Å². The van der Waals surface area contributed by atoms with Crippen molar-refractivity contribution in [2.75, 3.05) is 5.32 Å². The van der Waals surface area contributed by atoms with Gasteiger partial charge in [0.25, 0.3) is 11.8 Å². The number of amides is 2. The highest BCUT2D eigenvalue weighted by molar-refractivity contribution is 6.38. The summed E-state index contributed by atoms with van der Waals surface area (Å²) >= 11 is 17.9. The maximum Gasteiger partial charge on any atom is 0.271 e. The molecular weight excluding hydrogens is 433 g/mol. The number of nitrogens with one attached hydrogen (secondary N) is 2. The number of carbonyl (C=O) groups excluding carboxylic acids is 2. The van der Waals surface area contributed by atoms with Crippen LogP contribution in [0.25, 0.3) is 0 Å². The average molecular weight is 447 g/mol. The predicted octanol–water partition coefficient (Wildman–Crippen LogP) is 5.66. The lowest BCUT2D eigenvalue weighted by Crippen LogP contribution is -2.18. The third kappa shape index (κ3) is 5.57. The van der Waals surface area contributed by atoms with Crippen molar-refractivity contribution in [2.45, 2.75) is 0 Å². The lowest BCUT2D eigenvalue weighted by molar-refractivity contribution is 0.0953. The van der Waals surface area contributed by atoms with Crippen molar-refractivity contribution in [3.8, 4) is 0 Å². The molecular formula is C21H14Cl3N3O2. The Morgan fingerprint density at radius 3 is 2.14 bits per heavy atom. The van der Waals surface area contributed by atoms with Gasteiger partial charge >= 0.3 is 0 Å². The number of hydrogen-bond donors (Lipinski definition) is 2. The molecule has 0 radical (unpaired) electrons. The molecule has 146 valence electrons. The van der Waals surface area contributed by atoms with Crippen molar-refractivity contribution in [2.24, 2.45) is 5.10 Å². The second-order valence-corrected chi connectivity index (χ2v) is 7.13. The van der Waals surface area contributed by atoms with Gasteiger partial charge in [-0.25, -0.2) is 5.43 Å². The standard InChI is InChI=1S/C21H14Cl3N3O2/c22-15-9-7-13(8-10-15)20(28)26-16-4-1-3-14(11-16)21(29)27-25-12-17-18(23)5-2-6-19(17)24/h1-12H,(H,26,28)(H,27,29)/b25-12+. The molecule has 0 unspecified atom stereocenters. The Balaban J connectivity index is 1.67. The van der Waals surface area contributed by atoms with Gasteiger partial charge in [0.15, 0.2) is 0 Å². The number of carbonyl (C=O) groups is 2. The Morgan fingerprint density at radius 2 is 1.45 bits per heavy atom. The normalized spacial score (nSPS) is 10.7. The van der Waals surface area contributed by atoms with Gasteiger partial charge in [-0.05, 0) is 54.6 Å². The molecule has 3 aromatic rings. The molecule has 3 rings (SSSR count). The van der Waals surface area contributed by atoms with E-state index >= 15 is 0 Å². The molecule has 8 heteroatoms. The largest absolute Gasteiger partial charge is 0.322 e. The van der Waals surface area contributed by atoms with Crippen LogP contribution in [0.5, 0.6) is 0 Å². The Morgan fingerprint density at radius 1 is 0.793 bits per heavy atom. The van der Waals surface area contributed by atoms with E-state index in [1.165, 1.54) is 6.21 Å². The Kier molecular flexibility index (Phi) is 6.88. The molecule has 0 saturated carbocycles. The molecule has 29 heavy (non-hydrogen) atoms. The molecule has 5 nitrogen and oxygen atoms in total. The number of rotatable bonds is 5. The molecule has 2 N–H and O–H groups in total. The van der Waals surface area contributed by atoms with Crippen LogP contribution >= 0.6 is 34.8 Å². The molecule has 0 atom stereocenters. The molecule has 0 aliphatic carbocycles. The summed E-state index contributed by atoms with van der Waals surface area (Å²) in [4.78, 5) is 24.6. The summed E-state index contributed by atoms with van der Waals surface area (Å²) in [5.41, 5.74) is 4.14. The van der Waals surface area contributed by atoms with Crippen molar-refractivity contribution >= 4 is 58.5 Å². The van der Waals surface area contributed by atoms with E-state index in [1.54, 1.807) is 66.7 Å². The molecule has 0 heterocycles. The molecule has 0 aliphatic heterocycles. The molecule has 3 aromatic carbocycles. The smallest absolute Gasteiger partial charge is 0.271 e. The Hall–Kier alpha value is -2.86. The van der Waals surface area contributed by atoms with Crippen molar-refractivity contribution in [1.82, 2.24) is 5.43 Å². The van der Waals surface area contributed by atoms with Crippen molar-refractivity contribution in [1.29, 1.82) is 0 Å². The summed E-state index contributed by atoms with van der Waals surface area (Å²) in [6, 6.07) is 18.0. The first-order chi connectivity index (χ1) is 13.9. The quantitative estimate of drug-likeness (QED) is 0.392. The molecule has 0 aromatic heterocycles. The Labute approximate surface area is 182 Å². The van der Waals surface area contributed by atoms with Gasteiger partial charge in [0, 0.05) is 27.4 Å². The van der Waals surface area contributed by atoms with Gasteiger partial charge in [0.05, 0.1) is 16.3 Å². The number of hydrogen-bond acceptors (Lipinski definition) is 3. The van der Waals surface area contributed by atoms with E-state index in [0.29, 0.717) is 37.4 Å². The minimum absolute atomic E-state index is 0.314. The second kappa shape index (κ2) is 9.56. The van der Waals surface area contributed by atoms with E-state index in [4.69, 9.17) is 34.8 Å². The van der Waals surface area contributed by atoms with E-state index in [1.807, 2.05) is 0 Å². The van der Waals surface area contributed by atoms with Gasteiger partial charge in [-0.1, -0.05) is 46.9 Å². The molecule has 0 aliphatic rings. The summed E-state index contributed by atoms with van der Waals surface area (Å²) in [6.07, 6.45) is 1.37. The summed E-state index contributed by atoms with van der Waals surface area (Å²) in [7, 11) is 0. The van der Waals surface area contributed by atoms with Crippen molar-refractivity contribution < 1.29 is 9.59 Å². The first-order valence-corrected chi connectivity index (χ1v) is 9.52. The van der Waals surface area contributed by atoms with Gasteiger partial charge in [0.1, 0.15) is 0 Å². The van der Waals surface area contributed by atoms with Crippen LogP contribution in [0, 0.1) is 0 Å². The maximum absolute atomic E-state index is 12.3. The summed E-state index contributed by atoms with van der Waals surface area (Å²) in [5.74, 6) is -0.766. The molecule has 0 bridgehead atoms. The van der Waals surface area contributed by atoms with Crippen LogP contribution < -0.4 is 10.7 Å². The van der Waals surface area contributed by atoms with Gasteiger partial charge in [-0.3, -0.25) is 9.59 Å². The summed E-state index contributed by atoms with van der Waals surface area (Å²) < 4.78 is 0. The predicted molar refractivity (Wildman–Crippen MR) is 117 cm³/mol. The van der Waals surface area contributed by atoms with E-state index in [9.17, 15) is 9.59 Å². The number of halogens is 3. The fraction of sp³-hybridized carbons (Fsp3) is 0. The highest BCUT2D eigenvalue weighted by atomic mass is 35.5. The second-order valence-electron chi connectivity index (χ2n) is 5.88. The molecule has 2 amide bonds. The Bertz CT molecular complexity index is 1060. The average Bonchev–Trinajstić information content (AvgIpc) is 2.70. The van der Waals surface area contributed by atoms with E-state index in [2.05, 4.69) is 15.8 Å². The zero-order chi connectivity index (χ0) is 20.8. The lowest BCUT2D eigenvalue weighted by Gasteiger charge is -2.07. The number of benzene rings is 3. The fourth-order valence-corrected chi connectivity index (χ4v) is 3.02. The van der Waals surface area contributed by atoms with Crippen LogP contribution in [0.2, 0.25) is 15.1 Å². The minimum Gasteiger partial charge on any atom is -0.322 e. The third-order valence-corrected chi connectivity index (χ3v) is 4.76. The van der Waals surface area contributed by atoms with Crippen LogP contribution in [0.15, 0.2) is 71.8 Å². The van der Waals surface area contributed by atoms with Gasteiger partial charge in [-0.2, -0.15) is 5.10 Å². The first kappa shape index (κ1) is 20.9. The summed E-state index contributed by atoms with van der Waals surface area (Å²) in [6.45, 7) is 0. The lowest BCUT2D eigenvalue weighted by atomic mass is 10.1. The molecule has 0 spiro atoms. The van der Waals surface area contributed by atoms with Crippen LogP contribution in [0.4, 0.5) is 5.69 Å². The van der Waals surface area contributed by atoms with E-state index in [-0.39, 0.29) is 5.91 Å². The highest BCUT2D eigenvalue weighted by Crippen LogP contribution is 2.22. The molecule has 0 fully saturated rings. The van der Waals surface area contributed by atoms with Gasteiger partial charge in [-0.15, -0.1) is 0 Å². The number of hydrazone groups is 1. The third-order valence-electron chi connectivity index (χ3n) is 3.85. The van der Waals surface area contributed by atoms with Crippen LogP contribution in [-0.2, 0) is 0 Å². The number of nitrogens with zero attached hydrogens (tertiary/aromatic N) is 1. The first-order valence-electron chi connectivity index (χ1n) is 8.38. The summed E-state index contributed by atoms with van der Waals surface area (Å²) in [5, 5.41) is 8.01. The van der Waals surface area contributed by atoms with Gasteiger partial charge in [0.2, 0.25) is 0 Å². The maximum atomic E-state index is 12.3. The van der Waals surface area contributed by atoms with Crippen molar-refractivity contribution in [3.05, 3.63) is 98.5 Å². The fourth-order valence-electron chi connectivity index (χ4n) is 2.40. The van der Waals surface area contributed by atoms with Gasteiger partial charge < -0.3 is 5.32 Å². The number of anilines is 1. The minimum atomic E-state index is -0.452. The highest BCUT2D eigenvalue weighted by Gasteiger charge is 2.09.